The third kappa shape index (κ3) is 5.32. The summed E-state index contributed by atoms with van der Waals surface area (Å²) in [7, 11) is 1.48. The second kappa shape index (κ2) is 8.67. The number of allylic oxidation sites excluding steroid dienone is 1. The molecule has 136 valence electrons. The molecule has 6 nitrogen and oxygen atoms in total. The van der Waals surface area contributed by atoms with Crippen molar-refractivity contribution >= 4 is 11.8 Å². The molecule has 1 aromatic rings. The Bertz CT molecular complexity index is 664. The molecule has 25 heavy (non-hydrogen) atoms. The van der Waals surface area contributed by atoms with Crippen LogP contribution in [-0.4, -0.2) is 41.3 Å². The first-order valence-corrected chi connectivity index (χ1v) is 8.39. The molecule has 1 aliphatic rings. The van der Waals surface area contributed by atoms with Crippen LogP contribution in [0.15, 0.2) is 24.3 Å². The molecule has 0 saturated heterocycles. The summed E-state index contributed by atoms with van der Waals surface area (Å²) in [5.41, 5.74) is 0.722. The Balaban J connectivity index is 2.33. The fourth-order valence-corrected chi connectivity index (χ4v) is 2.82. The lowest BCUT2D eigenvalue weighted by molar-refractivity contribution is -0.116. The number of aromatic hydroxyl groups is 1. The van der Waals surface area contributed by atoms with Gasteiger partial charge in [0.2, 0.25) is 0 Å². The van der Waals surface area contributed by atoms with E-state index >= 15 is 0 Å². The minimum absolute atomic E-state index is 0.0703. The van der Waals surface area contributed by atoms with Crippen molar-refractivity contribution in [3.05, 3.63) is 35.4 Å². The standard InChI is InChI=1S/C19H24O6/c1-12-5-3-7-14(20)10-15(21)8-4-6-13-9-16(24-2)11-17(22)18(13)19(23)25-12/h3,7,9,11-12,15,21-22H,4-6,8,10H2,1-2H3/b7-3-/t12-,15-/m0/s1. The molecule has 1 aromatic carbocycles. The molecule has 0 aliphatic carbocycles. The smallest absolute Gasteiger partial charge is 0.342 e. The van der Waals surface area contributed by atoms with Crippen LogP contribution < -0.4 is 4.74 Å². The SMILES string of the molecule is COc1cc(O)c2c(c1)CCC[C@H](O)CC(=O)/C=C\C[C@H](C)OC2=O. The molecule has 0 fully saturated rings. The first-order valence-electron chi connectivity index (χ1n) is 8.39. The van der Waals surface area contributed by atoms with Crippen LogP contribution in [-0.2, 0) is 16.0 Å². The van der Waals surface area contributed by atoms with Gasteiger partial charge < -0.3 is 19.7 Å². The molecule has 0 bridgehead atoms. The normalized spacial score (nSPS) is 24.0. The van der Waals surface area contributed by atoms with Crippen molar-refractivity contribution < 1.29 is 29.3 Å². The van der Waals surface area contributed by atoms with Gasteiger partial charge in [-0.15, -0.1) is 0 Å². The van der Waals surface area contributed by atoms with E-state index in [1.807, 2.05) is 0 Å². The first kappa shape index (κ1) is 19.0. The Hall–Kier alpha value is -2.34. The number of phenols is 1. The van der Waals surface area contributed by atoms with Crippen molar-refractivity contribution in [2.75, 3.05) is 7.11 Å². The summed E-state index contributed by atoms with van der Waals surface area (Å²) in [5, 5.41) is 20.2. The highest BCUT2D eigenvalue weighted by Crippen LogP contribution is 2.30. The molecule has 2 atom stereocenters. The van der Waals surface area contributed by atoms with E-state index in [4.69, 9.17) is 9.47 Å². The highest BCUT2D eigenvalue weighted by Gasteiger charge is 2.22. The van der Waals surface area contributed by atoms with Crippen LogP contribution in [0.25, 0.3) is 0 Å². The van der Waals surface area contributed by atoms with Crippen molar-refractivity contribution in [2.24, 2.45) is 0 Å². The lowest BCUT2D eigenvalue weighted by atomic mass is 9.98. The highest BCUT2D eigenvalue weighted by atomic mass is 16.5. The Morgan fingerprint density at radius 3 is 2.76 bits per heavy atom. The van der Waals surface area contributed by atoms with Gasteiger partial charge in [0.05, 0.1) is 13.2 Å². The van der Waals surface area contributed by atoms with E-state index in [0.29, 0.717) is 37.0 Å². The molecule has 6 heteroatoms. The van der Waals surface area contributed by atoms with Crippen LogP contribution in [0.3, 0.4) is 0 Å². The lowest BCUT2D eigenvalue weighted by Gasteiger charge is -2.17. The maximum absolute atomic E-state index is 12.5. The number of rotatable bonds is 1. The number of carbonyl (C=O) groups is 2. The van der Waals surface area contributed by atoms with Gasteiger partial charge in [-0.3, -0.25) is 4.79 Å². The number of aryl methyl sites for hydroxylation is 1. The number of aliphatic hydroxyl groups excluding tert-OH is 1. The number of benzene rings is 1. The summed E-state index contributed by atoms with van der Waals surface area (Å²) >= 11 is 0. The average Bonchev–Trinajstić information content (AvgIpc) is 2.53. The van der Waals surface area contributed by atoms with Gasteiger partial charge in [0.1, 0.15) is 23.2 Å². The quantitative estimate of drug-likeness (QED) is 0.758. The second-order valence-corrected chi connectivity index (χ2v) is 6.25. The minimum atomic E-state index is -0.730. The van der Waals surface area contributed by atoms with Crippen LogP contribution in [0, 0.1) is 0 Å². The Morgan fingerprint density at radius 1 is 1.28 bits per heavy atom. The number of methoxy groups -OCH3 is 1. The number of hydrogen-bond donors (Lipinski definition) is 2. The summed E-state index contributed by atoms with van der Waals surface area (Å²) in [5.74, 6) is -0.510. The van der Waals surface area contributed by atoms with Gasteiger partial charge in [0, 0.05) is 18.9 Å². The van der Waals surface area contributed by atoms with Gasteiger partial charge in [-0.1, -0.05) is 6.08 Å². The molecule has 2 rings (SSSR count). The van der Waals surface area contributed by atoms with E-state index in [0.717, 1.165) is 0 Å². The maximum atomic E-state index is 12.5. The van der Waals surface area contributed by atoms with Gasteiger partial charge in [0.25, 0.3) is 0 Å². The fraction of sp³-hybridized carbons (Fsp3) is 0.474. The molecular formula is C19H24O6. The zero-order valence-electron chi connectivity index (χ0n) is 14.5. The molecule has 1 aliphatic heterocycles. The molecule has 0 amide bonds. The Labute approximate surface area is 147 Å². The number of hydrogen-bond acceptors (Lipinski definition) is 6. The van der Waals surface area contributed by atoms with Crippen LogP contribution in [0.2, 0.25) is 0 Å². The first-order chi connectivity index (χ1) is 11.9. The topological polar surface area (TPSA) is 93.1 Å². The van der Waals surface area contributed by atoms with Crippen LogP contribution >= 0.6 is 0 Å². The number of ketones is 1. The summed E-state index contributed by atoms with van der Waals surface area (Å²) in [4.78, 5) is 24.2. The lowest BCUT2D eigenvalue weighted by Crippen LogP contribution is -2.17. The zero-order chi connectivity index (χ0) is 18.4. The molecule has 2 N–H and O–H groups in total. The van der Waals surface area contributed by atoms with Gasteiger partial charge in [-0.25, -0.2) is 4.79 Å². The fourth-order valence-electron chi connectivity index (χ4n) is 2.82. The maximum Gasteiger partial charge on any atom is 0.342 e. The average molecular weight is 348 g/mol. The van der Waals surface area contributed by atoms with Crippen molar-refractivity contribution in [1.82, 2.24) is 0 Å². The zero-order valence-corrected chi connectivity index (χ0v) is 14.5. The largest absolute Gasteiger partial charge is 0.507 e. The molecule has 0 aromatic heterocycles. The predicted octanol–water partition coefficient (Wildman–Crippen LogP) is 2.55. The molecule has 0 unspecified atom stereocenters. The summed E-state index contributed by atoms with van der Waals surface area (Å²) in [6, 6.07) is 3.06. The van der Waals surface area contributed by atoms with E-state index < -0.39 is 18.2 Å². The van der Waals surface area contributed by atoms with Crippen molar-refractivity contribution in [2.45, 2.75) is 51.2 Å². The molecule has 0 radical (unpaired) electrons. The molecular weight excluding hydrogens is 324 g/mol. The number of carbonyl (C=O) groups excluding carboxylic acids is 2. The number of ether oxygens (including phenoxy) is 2. The number of esters is 1. The number of aliphatic hydroxyl groups is 1. The Morgan fingerprint density at radius 2 is 2.04 bits per heavy atom. The minimum Gasteiger partial charge on any atom is -0.507 e. The molecule has 0 saturated carbocycles. The summed E-state index contributed by atoms with van der Waals surface area (Å²) < 4.78 is 10.5. The Kier molecular flexibility index (Phi) is 6.58. The van der Waals surface area contributed by atoms with Crippen LogP contribution in [0.5, 0.6) is 11.5 Å². The predicted molar refractivity (Wildman–Crippen MR) is 91.9 cm³/mol. The van der Waals surface area contributed by atoms with Gasteiger partial charge in [-0.05, 0) is 43.9 Å². The monoisotopic (exact) mass is 348 g/mol. The van der Waals surface area contributed by atoms with Gasteiger partial charge >= 0.3 is 5.97 Å². The van der Waals surface area contributed by atoms with Crippen molar-refractivity contribution in [3.8, 4) is 11.5 Å². The van der Waals surface area contributed by atoms with E-state index in [1.54, 1.807) is 19.1 Å². The highest BCUT2D eigenvalue weighted by molar-refractivity contribution is 5.94. The van der Waals surface area contributed by atoms with E-state index in [-0.39, 0.29) is 23.5 Å². The number of phenolic OH excluding ortho intramolecular Hbond substituents is 1. The molecule has 1 heterocycles. The van der Waals surface area contributed by atoms with Crippen LogP contribution in [0.4, 0.5) is 0 Å². The third-order valence-corrected chi connectivity index (χ3v) is 4.11. The van der Waals surface area contributed by atoms with E-state index in [9.17, 15) is 19.8 Å². The van der Waals surface area contributed by atoms with E-state index in [2.05, 4.69) is 0 Å². The summed E-state index contributed by atoms with van der Waals surface area (Å²) in [6.45, 7) is 1.72. The third-order valence-electron chi connectivity index (χ3n) is 4.11. The van der Waals surface area contributed by atoms with Gasteiger partial charge in [0.15, 0.2) is 5.78 Å². The number of fused-ring (bicyclic) bond motifs is 1. The number of cyclic esters (lactones) is 1. The van der Waals surface area contributed by atoms with Gasteiger partial charge in [-0.2, -0.15) is 0 Å². The molecule has 0 spiro atoms. The second-order valence-electron chi connectivity index (χ2n) is 6.25. The van der Waals surface area contributed by atoms with Crippen LogP contribution in [0.1, 0.15) is 48.5 Å². The van der Waals surface area contributed by atoms with Crippen molar-refractivity contribution in [1.29, 1.82) is 0 Å². The van der Waals surface area contributed by atoms with E-state index in [1.165, 1.54) is 19.3 Å². The summed E-state index contributed by atoms with van der Waals surface area (Å²) in [6.07, 6.45) is 3.74. The van der Waals surface area contributed by atoms with Crippen molar-refractivity contribution in [3.63, 3.8) is 0 Å².